The molecule has 2 rings (SSSR count). The van der Waals surface area contributed by atoms with E-state index in [0.29, 0.717) is 6.54 Å². The molecule has 0 aliphatic rings. The number of nitrogens with zero attached hydrogens (tertiary/aromatic N) is 1. The number of carbonyl (C=O) groups excluding carboxylic acids is 1. The zero-order valence-corrected chi connectivity index (χ0v) is 10.8. The highest BCUT2D eigenvalue weighted by Gasteiger charge is 2.20. The molecule has 0 spiro atoms. The summed E-state index contributed by atoms with van der Waals surface area (Å²) in [5, 5.41) is 5.19. The summed E-state index contributed by atoms with van der Waals surface area (Å²) < 4.78 is 4.81. The van der Waals surface area contributed by atoms with Gasteiger partial charge in [0.2, 0.25) is 0 Å². The lowest BCUT2D eigenvalue weighted by molar-refractivity contribution is -0.143. The van der Waals surface area contributed by atoms with Gasteiger partial charge >= 0.3 is 5.97 Å². The van der Waals surface area contributed by atoms with Crippen molar-refractivity contribution in [1.29, 1.82) is 0 Å². The molecule has 0 aliphatic carbocycles. The summed E-state index contributed by atoms with van der Waals surface area (Å²) in [6.07, 6.45) is 3.35. The summed E-state index contributed by atoms with van der Waals surface area (Å²) in [7, 11) is 1.39. The van der Waals surface area contributed by atoms with Crippen LogP contribution in [0.1, 0.15) is 16.5 Å². The van der Waals surface area contributed by atoms with E-state index in [1.807, 2.05) is 23.6 Å². The zero-order valence-electron chi connectivity index (χ0n) is 10.00. The number of pyridine rings is 1. The van der Waals surface area contributed by atoms with Crippen LogP contribution in [-0.4, -0.2) is 18.1 Å². The summed E-state index contributed by atoms with van der Waals surface area (Å²) in [5.41, 5.74) is 0.806. The average molecular weight is 262 g/mol. The Morgan fingerprint density at radius 1 is 1.50 bits per heavy atom. The molecule has 2 aromatic heterocycles. The predicted octanol–water partition coefficient (Wildman–Crippen LogP) is 2.15. The van der Waals surface area contributed by atoms with E-state index in [4.69, 9.17) is 4.74 Å². The summed E-state index contributed by atoms with van der Waals surface area (Å²) >= 11 is 1.65. The second-order valence-corrected chi connectivity index (χ2v) is 4.74. The molecule has 4 nitrogen and oxygen atoms in total. The van der Waals surface area contributed by atoms with E-state index in [-0.39, 0.29) is 5.97 Å². The number of carbonyl (C=O) groups is 1. The SMILES string of the molecule is COC(=O)C(NCc1cccs1)c1cccnc1. The molecule has 1 N–H and O–H groups in total. The first kappa shape index (κ1) is 12.7. The van der Waals surface area contributed by atoms with Crippen LogP contribution in [0.4, 0.5) is 0 Å². The summed E-state index contributed by atoms with van der Waals surface area (Å²) in [5.74, 6) is -0.306. The Balaban J connectivity index is 2.09. The van der Waals surface area contributed by atoms with Crippen LogP contribution in [-0.2, 0) is 16.1 Å². The number of methoxy groups -OCH3 is 1. The lowest BCUT2D eigenvalue weighted by Crippen LogP contribution is -2.29. The Kier molecular flexibility index (Phi) is 4.44. The first-order valence-electron chi connectivity index (χ1n) is 5.55. The first-order chi connectivity index (χ1) is 8.81. The van der Waals surface area contributed by atoms with Gasteiger partial charge in [-0.05, 0) is 23.1 Å². The van der Waals surface area contributed by atoms with Crippen LogP contribution in [0, 0.1) is 0 Å². The van der Waals surface area contributed by atoms with Crippen LogP contribution in [0.3, 0.4) is 0 Å². The molecule has 1 atom stereocenters. The van der Waals surface area contributed by atoms with Gasteiger partial charge in [-0.25, -0.2) is 4.79 Å². The molecule has 1 unspecified atom stereocenters. The lowest BCUT2D eigenvalue weighted by atomic mass is 10.1. The zero-order chi connectivity index (χ0) is 12.8. The van der Waals surface area contributed by atoms with Gasteiger partial charge in [-0.2, -0.15) is 0 Å². The molecule has 5 heteroatoms. The van der Waals surface area contributed by atoms with Crippen LogP contribution in [0.15, 0.2) is 42.0 Å². The highest BCUT2D eigenvalue weighted by molar-refractivity contribution is 7.09. The van der Waals surface area contributed by atoms with Crippen molar-refractivity contribution in [2.24, 2.45) is 0 Å². The molecule has 0 saturated carbocycles. The minimum Gasteiger partial charge on any atom is -0.468 e. The summed E-state index contributed by atoms with van der Waals surface area (Å²) in [4.78, 5) is 17.0. The fourth-order valence-electron chi connectivity index (χ4n) is 1.62. The Morgan fingerprint density at radius 2 is 2.39 bits per heavy atom. The number of hydrogen-bond acceptors (Lipinski definition) is 5. The fourth-order valence-corrected chi connectivity index (χ4v) is 2.27. The molecule has 18 heavy (non-hydrogen) atoms. The van der Waals surface area contributed by atoms with Crippen molar-refractivity contribution in [3.05, 3.63) is 52.5 Å². The predicted molar refractivity (Wildman–Crippen MR) is 70.2 cm³/mol. The molecule has 0 bridgehead atoms. The third-order valence-corrected chi connectivity index (χ3v) is 3.39. The summed E-state index contributed by atoms with van der Waals surface area (Å²) in [6.45, 7) is 0.631. The van der Waals surface area contributed by atoms with Gasteiger partial charge in [0, 0.05) is 23.8 Å². The highest BCUT2D eigenvalue weighted by Crippen LogP contribution is 2.15. The number of esters is 1. The van der Waals surface area contributed by atoms with Gasteiger partial charge in [-0.1, -0.05) is 12.1 Å². The van der Waals surface area contributed by atoms with Crippen LogP contribution in [0.2, 0.25) is 0 Å². The maximum Gasteiger partial charge on any atom is 0.327 e. The Hall–Kier alpha value is -1.72. The third-order valence-electron chi connectivity index (χ3n) is 2.52. The van der Waals surface area contributed by atoms with Gasteiger partial charge in [0.25, 0.3) is 0 Å². The molecule has 0 radical (unpaired) electrons. The van der Waals surface area contributed by atoms with Gasteiger partial charge in [-0.15, -0.1) is 11.3 Å². The molecular formula is C13H14N2O2S. The van der Waals surface area contributed by atoms with Crippen molar-refractivity contribution in [2.45, 2.75) is 12.6 Å². The maximum atomic E-state index is 11.8. The van der Waals surface area contributed by atoms with Gasteiger partial charge in [-0.3, -0.25) is 10.3 Å². The van der Waals surface area contributed by atoms with Gasteiger partial charge < -0.3 is 4.74 Å². The van der Waals surface area contributed by atoms with E-state index in [9.17, 15) is 4.79 Å². The Morgan fingerprint density at radius 3 is 3.00 bits per heavy atom. The van der Waals surface area contributed by atoms with E-state index in [1.165, 1.54) is 12.0 Å². The second kappa shape index (κ2) is 6.28. The van der Waals surface area contributed by atoms with E-state index >= 15 is 0 Å². The molecule has 94 valence electrons. The maximum absolute atomic E-state index is 11.8. The quantitative estimate of drug-likeness (QED) is 0.839. The van der Waals surface area contributed by atoms with Gasteiger partial charge in [0.15, 0.2) is 0 Å². The standard InChI is InChI=1S/C13H14N2O2S/c1-17-13(16)12(10-4-2-6-14-8-10)15-9-11-5-3-7-18-11/h2-8,12,15H,9H2,1H3. The van der Waals surface area contributed by atoms with E-state index < -0.39 is 6.04 Å². The number of ether oxygens (including phenoxy) is 1. The lowest BCUT2D eigenvalue weighted by Gasteiger charge is -2.15. The Bertz CT molecular complexity index is 485. The molecular weight excluding hydrogens is 248 g/mol. The smallest absolute Gasteiger partial charge is 0.327 e. The van der Waals surface area contributed by atoms with Crippen molar-refractivity contribution >= 4 is 17.3 Å². The van der Waals surface area contributed by atoms with E-state index in [0.717, 1.165) is 5.56 Å². The molecule has 0 saturated heterocycles. The van der Waals surface area contributed by atoms with Crippen molar-refractivity contribution in [3.63, 3.8) is 0 Å². The average Bonchev–Trinajstić information content (AvgIpc) is 2.93. The largest absolute Gasteiger partial charge is 0.468 e. The number of nitrogens with one attached hydrogen (secondary N) is 1. The first-order valence-corrected chi connectivity index (χ1v) is 6.42. The number of thiophene rings is 1. The molecule has 0 aliphatic heterocycles. The van der Waals surface area contributed by atoms with Crippen LogP contribution >= 0.6 is 11.3 Å². The van der Waals surface area contributed by atoms with Gasteiger partial charge in [0.1, 0.15) is 6.04 Å². The van der Waals surface area contributed by atoms with E-state index in [2.05, 4.69) is 10.3 Å². The van der Waals surface area contributed by atoms with E-state index in [1.54, 1.807) is 29.8 Å². The topological polar surface area (TPSA) is 51.2 Å². The Labute approximate surface area is 110 Å². The molecule has 2 aromatic rings. The minimum atomic E-state index is -0.481. The van der Waals surface area contributed by atoms with Crippen molar-refractivity contribution in [1.82, 2.24) is 10.3 Å². The number of rotatable bonds is 5. The second-order valence-electron chi connectivity index (χ2n) is 3.70. The fraction of sp³-hybridized carbons (Fsp3) is 0.231. The van der Waals surface area contributed by atoms with Crippen LogP contribution in [0.5, 0.6) is 0 Å². The van der Waals surface area contributed by atoms with Crippen LogP contribution < -0.4 is 5.32 Å². The minimum absolute atomic E-state index is 0.306. The molecule has 0 amide bonds. The van der Waals surface area contributed by atoms with Crippen molar-refractivity contribution < 1.29 is 9.53 Å². The van der Waals surface area contributed by atoms with Crippen molar-refractivity contribution in [2.75, 3.05) is 7.11 Å². The van der Waals surface area contributed by atoms with Crippen molar-refractivity contribution in [3.8, 4) is 0 Å². The number of aromatic nitrogens is 1. The van der Waals surface area contributed by atoms with Gasteiger partial charge in [0.05, 0.1) is 7.11 Å². The molecule has 0 aromatic carbocycles. The van der Waals surface area contributed by atoms with Crippen LogP contribution in [0.25, 0.3) is 0 Å². The third kappa shape index (κ3) is 3.15. The monoisotopic (exact) mass is 262 g/mol. The highest BCUT2D eigenvalue weighted by atomic mass is 32.1. The number of hydrogen-bond donors (Lipinski definition) is 1. The normalized spacial score (nSPS) is 12.1. The molecule has 0 fully saturated rings. The summed E-state index contributed by atoms with van der Waals surface area (Å²) in [6, 6.07) is 7.19. The molecule has 2 heterocycles.